The first-order valence-corrected chi connectivity index (χ1v) is 22.1. The van der Waals surface area contributed by atoms with Gasteiger partial charge >= 0.3 is 0 Å². The molecule has 0 amide bonds. The summed E-state index contributed by atoms with van der Waals surface area (Å²) in [7, 11) is 0. The Kier molecular flexibility index (Phi) is 8.49. The Balaban J connectivity index is 1.14. The summed E-state index contributed by atoms with van der Waals surface area (Å²) >= 11 is 0. The van der Waals surface area contributed by atoms with E-state index in [0.717, 1.165) is 17.1 Å². The second-order valence-corrected chi connectivity index (χ2v) is 17.6. The number of anilines is 3. The molecular formula is C62H45N. The highest BCUT2D eigenvalue weighted by Gasteiger charge is 2.46. The number of nitrogens with zero attached hydrogens (tertiary/aromatic N) is 1. The molecular weight excluding hydrogens is 759 g/mol. The van der Waals surface area contributed by atoms with Crippen LogP contribution in [0, 0.1) is 0 Å². The van der Waals surface area contributed by atoms with Gasteiger partial charge in [-0.1, -0.05) is 220 Å². The monoisotopic (exact) mass is 803 g/mol. The van der Waals surface area contributed by atoms with Gasteiger partial charge in [0.15, 0.2) is 0 Å². The maximum Gasteiger partial charge on any atom is 0.0714 e. The van der Waals surface area contributed by atoms with Gasteiger partial charge in [-0.15, -0.1) is 0 Å². The van der Waals surface area contributed by atoms with Crippen LogP contribution >= 0.6 is 0 Å². The van der Waals surface area contributed by atoms with Crippen LogP contribution < -0.4 is 4.90 Å². The molecule has 63 heavy (non-hydrogen) atoms. The molecule has 0 saturated carbocycles. The zero-order chi connectivity index (χ0) is 42.1. The maximum absolute atomic E-state index is 2.52. The predicted octanol–water partition coefficient (Wildman–Crippen LogP) is 16.3. The van der Waals surface area contributed by atoms with E-state index in [1.807, 2.05) is 0 Å². The molecule has 0 bridgehead atoms. The number of benzene rings is 10. The van der Waals surface area contributed by atoms with E-state index in [1.54, 1.807) is 0 Å². The SMILES string of the molecule is CC1(C)c2ccccc2-c2ccc(N(c3cccc(C4(c5ccccc5)c5ccccc5-c5ccccc54)c3)c3ccccc3-c3cccc4cccc(-c5ccccc5)c34)cc21. The van der Waals surface area contributed by atoms with Crippen LogP contribution in [0.25, 0.3) is 55.3 Å². The van der Waals surface area contributed by atoms with E-state index in [-0.39, 0.29) is 5.41 Å². The van der Waals surface area contributed by atoms with E-state index >= 15 is 0 Å². The zero-order valence-electron chi connectivity index (χ0n) is 35.5. The van der Waals surface area contributed by atoms with Crippen LogP contribution in [-0.4, -0.2) is 0 Å². The van der Waals surface area contributed by atoms with Gasteiger partial charge in [0, 0.05) is 22.4 Å². The Morgan fingerprint density at radius 3 is 1.51 bits per heavy atom. The summed E-state index contributed by atoms with van der Waals surface area (Å²) in [5.74, 6) is 0. The fourth-order valence-electron chi connectivity index (χ4n) is 11.2. The number of para-hydroxylation sites is 1. The molecule has 0 unspecified atom stereocenters. The van der Waals surface area contributed by atoms with Gasteiger partial charge in [-0.3, -0.25) is 0 Å². The molecule has 2 aliphatic carbocycles. The molecule has 12 rings (SSSR count). The van der Waals surface area contributed by atoms with Gasteiger partial charge in [0.2, 0.25) is 0 Å². The first kappa shape index (κ1) is 37.1. The largest absolute Gasteiger partial charge is 0.310 e. The highest BCUT2D eigenvalue weighted by molar-refractivity contribution is 6.09. The zero-order valence-corrected chi connectivity index (χ0v) is 35.5. The van der Waals surface area contributed by atoms with E-state index in [9.17, 15) is 0 Å². The van der Waals surface area contributed by atoms with Crippen LogP contribution in [0.2, 0.25) is 0 Å². The Labute approximate surface area is 370 Å². The van der Waals surface area contributed by atoms with Crippen molar-refractivity contribution in [3.05, 3.63) is 270 Å². The predicted molar refractivity (Wildman–Crippen MR) is 264 cm³/mol. The number of hydrogen-bond donors (Lipinski definition) is 0. The third kappa shape index (κ3) is 5.56. The molecule has 0 aliphatic heterocycles. The van der Waals surface area contributed by atoms with Gasteiger partial charge in [-0.05, 0) is 113 Å². The Morgan fingerprint density at radius 1 is 0.317 bits per heavy atom. The van der Waals surface area contributed by atoms with Gasteiger partial charge in [-0.25, -0.2) is 0 Å². The summed E-state index contributed by atoms with van der Waals surface area (Å²) in [6.07, 6.45) is 0. The minimum Gasteiger partial charge on any atom is -0.310 e. The molecule has 0 fully saturated rings. The van der Waals surface area contributed by atoms with Crippen molar-refractivity contribution in [1.82, 2.24) is 0 Å². The van der Waals surface area contributed by atoms with Crippen molar-refractivity contribution in [2.75, 3.05) is 4.90 Å². The summed E-state index contributed by atoms with van der Waals surface area (Å²) in [6, 6.07) is 87.9. The quantitative estimate of drug-likeness (QED) is 0.155. The molecule has 0 N–H and O–H groups in total. The first-order chi connectivity index (χ1) is 31.0. The molecule has 0 heterocycles. The van der Waals surface area contributed by atoms with Gasteiger partial charge in [0.1, 0.15) is 0 Å². The average molecular weight is 804 g/mol. The second kappa shape index (κ2) is 14.4. The molecule has 1 heteroatoms. The van der Waals surface area contributed by atoms with Gasteiger partial charge in [0.25, 0.3) is 0 Å². The number of fused-ring (bicyclic) bond motifs is 7. The van der Waals surface area contributed by atoms with E-state index in [1.165, 1.54) is 88.7 Å². The summed E-state index contributed by atoms with van der Waals surface area (Å²) in [6.45, 7) is 4.75. The van der Waals surface area contributed by atoms with Crippen LogP contribution in [0.3, 0.4) is 0 Å². The normalized spacial score (nSPS) is 13.8. The van der Waals surface area contributed by atoms with Crippen molar-refractivity contribution in [2.24, 2.45) is 0 Å². The van der Waals surface area contributed by atoms with Crippen molar-refractivity contribution in [2.45, 2.75) is 24.7 Å². The highest BCUT2D eigenvalue weighted by atomic mass is 15.1. The average Bonchev–Trinajstić information content (AvgIpc) is 3.77. The lowest BCUT2D eigenvalue weighted by Gasteiger charge is -2.35. The summed E-state index contributed by atoms with van der Waals surface area (Å²) < 4.78 is 0. The topological polar surface area (TPSA) is 3.24 Å². The smallest absolute Gasteiger partial charge is 0.0714 e. The summed E-state index contributed by atoms with van der Waals surface area (Å²) in [5, 5.41) is 2.47. The third-order valence-corrected chi connectivity index (χ3v) is 13.9. The second-order valence-electron chi connectivity index (χ2n) is 17.6. The standard InChI is InChI=1S/C62H45N/c1-61(2)55-34-13-9-28-49(55)52-39-38-47(41-58(52)61)63(59-37-16-12-31-53(59)54-33-18-23-43-22-17-32-48(60(43)54)42-20-5-3-6-21-42)46-27-19-26-45(40-46)62(44-24-7-4-8-25-44)56-35-14-10-29-50(56)51-30-11-15-36-57(51)62/h3-41H,1-2H3. The van der Waals surface area contributed by atoms with Crippen LogP contribution in [0.15, 0.2) is 237 Å². The van der Waals surface area contributed by atoms with E-state index in [2.05, 4.69) is 255 Å². The molecule has 0 radical (unpaired) electrons. The lowest BCUT2D eigenvalue weighted by molar-refractivity contribution is 0.660. The number of hydrogen-bond acceptors (Lipinski definition) is 1. The third-order valence-electron chi connectivity index (χ3n) is 13.9. The molecule has 2 aliphatic rings. The molecule has 10 aromatic rings. The molecule has 1 nitrogen and oxygen atoms in total. The molecule has 298 valence electrons. The maximum atomic E-state index is 2.52. The van der Waals surface area contributed by atoms with Crippen molar-refractivity contribution in [1.29, 1.82) is 0 Å². The summed E-state index contributed by atoms with van der Waals surface area (Å²) in [5.41, 5.74) is 20.5. The van der Waals surface area contributed by atoms with Gasteiger partial charge in [0.05, 0.1) is 11.1 Å². The molecule has 10 aromatic carbocycles. The van der Waals surface area contributed by atoms with Crippen molar-refractivity contribution in [3.63, 3.8) is 0 Å². The van der Waals surface area contributed by atoms with Gasteiger partial charge in [-0.2, -0.15) is 0 Å². The first-order valence-electron chi connectivity index (χ1n) is 22.1. The van der Waals surface area contributed by atoms with E-state index in [0.29, 0.717) is 0 Å². The fourth-order valence-corrected chi connectivity index (χ4v) is 11.2. The van der Waals surface area contributed by atoms with Crippen LogP contribution in [0.4, 0.5) is 17.1 Å². The minimum absolute atomic E-state index is 0.163. The summed E-state index contributed by atoms with van der Waals surface area (Å²) in [4.78, 5) is 2.52. The lowest BCUT2D eigenvalue weighted by Crippen LogP contribution is -2.28. The molecule has 0 spiro atoms. The van der Waals surface area contributed by atoms with E-state index < -0.39 is 5.41 Å². The fraction of sp³-hybridized carbons (Fsp3) is 0.0645. The molecule has 0 aromatic heterocycles. The molecule has 0 atom stereocenters. The number of rotatable bonds is 7. The van der Waals surface area contributed by atoms with Gasteiger partial charge < -0.3 is 4.90 Å². The van der Waals surface area contributed by atoms with Crippen molar-refractivity contribution >= 4 is 27.8 Å². The van der Waals surface area contributed by atoms with Crippen LogP contribution in [0.5, 0.6) is 0 Å². The van der Waals surface area contributed by atoms with E-state index in [4.69, 9.17) is 0 Å². The molecule has 0 saturated heterocycles. The highest BCUT2D eigenvalue weighted by Crippen LogP contribution is 2.57. The Hall–Kier alpha value is -7.74. The minimum atomic E-state index is -0.530. The Morgan fingerprint density at radius 2 is 0.810 bits per heavy atom. The lowest BCUT2D eigenvalue weighted by atomic mass is 9.67. The van der Waals surface area contributed by atoms with Crippen LogP contribution in [-0.2, 0) is 10.8 Å². The van der Waals surface area contributed by atoms with Crippen molar-refractivity contribution < 1.29 is 0 Å². The van der Waals surface area contributed by atoms with Crippen molar-refractivity contribution in [3.8, 4) is 44.5 Å². The van der Waals surface area contributed by atoms with Crippen LogP contribution in [0.1, 0.15) is 47.2 Å². The Bertz CT molecular complexity index is 3330.